The minimum absolute atomic E-state index is 0.0159. The lowest BCUT2D eigenvalue weighted by molar-refractivity contribution is -0.146. The van der Waals surface area contributed by atoms with E-state index in [2.05, 4.69) is 16.4 Å². The van der Waals surface area contributed by atoms with Crippen molar-refractivity contribution in [2.75, 3.05) is 12.4 Å². The van der Waals surface area contributed by atoms with Gasteiger partial charge in [0, 0.05) is 12.2 Å². The number of nitrogens with one attached hydrogen (secondary N) is 1. The zero-order valence-corrected chi connectivity index (χ0v) is 10.9. The van der Waals surface area contributed by atoms with Gasteiger partial charge in [0.15, 0.2) is 0 Å². The van der Waals surface area contributed by atoms with Crippen LogP contribution in [-0.2, 0) is 9.53 Å². The molecule has 100 valence electrons. The molecule has 0 radical (unpaired) electrons. The Morgan fingerprint density at radius 3 is 2.84 bits per heavy atom. The number of methoxy groups -OCH3 is 1. The Morgan fingerprint density at radius 2 is 2.21 bits per heavy atom. The van der Waals surface area contributed by atoms with Crippen LogP contribution in [0.1, 0.15) is 31.2 Å². The second-order valence-electron chi connectivity index (χ2n) is 4.73. The zero-order chi connectivity index (χ0) is 13.7. The number of hydrogen-bond acceptors (Lipinski definition) is 5. The normalized spacial score (nSPS) is 22.3. The van der Waals surface area contributed by atoms with Crippen LogP contribution in [-0.4, -0.2) is 24.1 Å². The van der Waals surface area contributed by atoms with Crippen molar-refractivity contribution in [2.45, 2.75) is 31.7 Å². The van der Waals surface area contributed by atoms with Gasteiger partial charge in [-0.2, -0.15) is 5.26 Å². The Labute approximate surface area is 112 Å². The molecule has 0 saturated heterocycles. The number of ether oxygens (including phenoxy) is 1. The topological polar surface area (TPSA) is 75.0 Å². The molecule has 1 aliphatic rings. The molecule has 19 heavy (non-hydrogen) atoms. The van der Waals surface area contributed by atoms with Gasteiger partial charge in [-0.1, -0.05) is 0 Å². The van der Waals surface area contributed by atoms with E-state index >= 15 is 0 Å². The molecule has 1 aromatic heterocycles. The standard InChI is InChI=1S/C14H17N3O2/c1-19-14(18)10-4-6-12(7-5-10)17-13-11(9-15)3-2-8-16-13/h2-3,8,10,12H,4-7H2,1H3,(H,16,17). The zero-order valence-electron chi connectivity index (χ0n) is 10.9. The summed E-state index contributed by atoms with van der Waals surface area (Å²) in [5.41, 5.74) is 0.553. The first-order chi connectivity index (χ1) is 9.24. The molecule has 0 unspecified atom stereocenters. The van der Waals surface area contributed by atoms with Crippen LogP contribution in [0, 0.1) is 17.2 Å². The summed E-state index contributed by atoms with van der Waals surface area (Å²) in [6.45, 7) is 0. The summed E-state index contributed by atoms with van der Waals surface area (Å²) in [4.78, 5) is 15.6. The van der Waals surface area contributed by atoms with Crippen LogP contribution in [0.3, 0.4) is 0 Å². The molecule has 1 N–H and O–H groups in total. The SMILES string of the molecule is COC(=O)C1CCC(Nc2ncccc2C#N)CC1. The first kappa shape index (κ1) is 13.3. The van der Waals surface area contributed by atoms with E-state index < -0.39 is 0 Å². The van der Waals surface area contributed by atoms with Crippen LogP contribution in [0.4, 0.5) is 5.82 Å². The smallest absolute Gasteiger partial charge is 0.308 e. The maximum atomic E-state index is 11.4. The third kappa shape index (κ3) is 3.22. The number of carbonyl (C=O) groups excluding carboxylic acids is 1. The molecule has 0 bridgehead atoms. The molecule has 0 spiro atoms. The van der Waals surface area contributed by atoms with Crippen LogP contribution in [0.25, 0.3) is 0 Å². The number of pyridine rings is 1. The highest BCUT2D eigenvalue weighted by Gasteiger charge is 2.27. The number of hydrogen-bond donors (Lipinski definition) is 1. The molecular formula is C14H17N3O2. The fourth-order valence-electron chi connectivity index (χ4n) is 2.44. The molecule has 1 saturated carbocycles. The van der Waals surface area contributed by atoms with Crippen LogP contribution in [0.2, 0.25) is 0 Å². The Morgan fingerprint density at radius 1 is 1.47 bits per heavy atom. The van der Waals surface area contributed by atoms with E-state index in [0.717, 1.165) is 25.7 Å². The average molecular weight is 259 g/mol. The van der Waals surface area contributed by atoms with Crippen molar-refractivity contribution < 1.29 is 9.53 Å². The van der Waals surface area contributed by atoms with Crippen LogP contribution in [0.15, 0.2) is 18.3 Å². The predicted molar refractivity (Wildman–Crippen MR) is 70.3 cm³/mol. The molecule has 0 atom stereocenters. The van der Waals surface area contributed by atoms with Crippen LogP contribution < -0.4 is 5.32 Å². The van der Waals surface area contributed by atoms with Crippen LogP contribution in [0.5, 0.6) is 0 Å². The monoisotopic (exact) mass is 259 g/mol. The van der Waals surface area contributed by atoms with Gasteiger partial charge < -0.3 is 10.1 Å². The fourth-order valence-corrected chi connectivity index (χ4v) is 2.44. The Balaban J connectivity index is 1.93. The summed E-state index contributed by atoms with van der Waals surface area (Å²) < 4.78 is 4.76. The number of nitriles is 1. The minimum Gasteiger partial charge on any atom is -0.469 e. The summed E-state index contributed by atoms with van der Waals surface area (Å²) in [7, 11) is 1.43. The van der Waals surface area contributed by atoms with E-state index in [0.29, 0.717) is 11.4 Å². The molecule has 1 aromatic rings. The highest BCUT2D eigenvalue weighted by atomic mass is 16.5. The van der Waals surface area contributed by atoms with E-state index in [1.807, 2.05) is 0 Å². The van der Waals surface area contributed by atoms with Gasteiger partial charge in [-0.25, -0.2) is 4.98 Å². The summed E-state index contributed by atoms with van der Waals surface area (Å²) in [5, 5.41) is 12.3. The van der Waals surface area contributed by atoms with Crippen molar-refractivity contribution in [3.8, 4) is 6.07 Å². The second kappa shape index (κ2) is 6.19. The molecule has 0 aliphatic heterocycles. The van der Waals surface area contributed by atoms with Gasteiger partial charge in [-0.15, -0.1) is 0 Å². The number of rotatable bonds is 3. The molecule has 0 amide bonds. The quantitative estimate of drug-likeness (QED) is 0.841. The largest absolute Gasteiger partial charge is 0.469 e. The highest BCUT2D eigenvalue weighted by Crippen LogP contribution is 2.27. The Kier molecular flexibility index (Phi) is 4.35. The van der Waals surface area contributed by atoms with E-state index in [9.17, 15) is 4.79 Å². The second-order valence-corrected chi connectivity index (χ2v) is 4.73. The van der Waals surface area contributed by atoms with Gasteiger partial charge >= 0.3 is 5.97 Å². The lowest BCUT2D eigenvalue weighted by atomic mass is 9.86. The molecule has 5 nitrogen and oxygen atoms in total. The fraction of sp³-hybridized carbons (Fsp3) is 0.500. The molecular weight excluding hydrogens is 242 g/mol. The molecule has 1 aliphatic carbocycles. The Bertz CT molecular complexity index is 488. The minimum atomic E-state index is -0.117. The number of carbonyl (C=O) groups is 1. The number of aromatic nitrogens is 1. The molecule has 1 fully saturated rings. The first-order valence-corrected chi connectivity index (χ1v) is 6.44. The molecule has 2 rings (SSSR count). The van der Waals surface area contributed by atoms with Gasteiger partial charge in [-0.3, -0.25) is 4.79 Å². The van der Waals surface area contributed by atoms with Crippen LogP contribution >= 0.6 is 0 Å². The van der Waals surface area contributed by atoms with E-state index in [1.165, 1.54) is 7.11 Å². The van der Waals surface area contributed by atoms with Gasteiger partial charge in [0.1, 0.15) is 11.9 Å². The highest BCUT2D eigenvalue weighted by molar-refractivity contribution is 5.72. The average Bonchev–Trinajstić information content (AvgIpc) is 2.48. The number of esters is 1. The van der Waals surface area contributed by atoms with Crippen molar-refractivity contribution in [1.29, 1.82) is 5.26 Å². The van der Waals surface area contributed by atoms with Crippen molar-refractivity contribution in [3.63, 3.8) is 0 Å². The van der Waals surface area contributed by atoms with Crippen molar-refractivity contribution in [1.82, 2.24) is 4.98 Å². The summed E-state index contributed by atoms with van der Waals surface area (Å²) in [6, 6.07) is 5.88. The van der Waals surface area contributed by atoms with Gasteiger partial charge in [0.25, 0.3) is 0 Å². The maximum Gasteiger partial charge on any atom is 0.308 e. The Hall–Kier alpha value is -2.09. The lowest BCUT2D eigenvalue weighted by Crippen LogP contribution is -2.30. The van der Waals surface area contributed by atoms with E-state index in [1.54, 1.807) is 18.3 Å². The number of anilines is 1. The predicted octanol–water partition coefficient (Wildman–Crippen LogP) is 2.10. The molecule has 5 heteroatoms. The molecule has 0 aromatic carbocycles. The summed E-state index contributed by atoms with van der Waals surface area (Å²) >= 11 is 0. The molecule has 1 heterocycles. The summed E-state index contributed by atoms with van der Waals surface area (Å²) in [6.07, 6.45) is 5.09. The summed E-state index contributed by atoms with van der Waals surface area (Å²) in [5.74, 6) is 0.530. The van der Waals surface area contributed by atoms with Gasteiger partial charge in [0.2, 0.25) is 0 Å². The van der Waals surface area contributed by atoms with Gasteiger partial charge in [-0.05, 0) is 37.8 Å². The van der Waals surface area contributed by atoms with E-state index in [-0.39, 0.29) is 17.9 Å². The first-order valence-electron chi connectivity index (χ1n) is 6.44. The maximum absolute atomic E-state index is 11.4. The third-order valence-corrected chi connectivity index (χ3v) is 3.53. The van der Waals surface area contributed by atoms with Crippen molar-refractivity contribution in [3.05, 3.63) is 23.9 Å². The van der Waals surface area contributed by atoms with E-state index in [4.69, 9.17) is 10.00 Å². The van der Waals surface area contributed by atoms with Gasteiger partial charge in [0.05, 0.1) is 18.6 Å². The number of nitrogens with zero attached hydrogens (tertiary/aromatic N) is 2. The lowest BCUT2D eigenvalue weighted by Gasteiger charge is -2.28. The van der Waals surface area contributed by atoms with Crippen molar-refractivity contribution in [2.24, 2.45) is 5.92 Å². The van der Waals surface area contributed by atoms with Crippen molar-refractivity contribution >= 4 is 11.8 Å². The third-order valence-electron chi connectivity index (χ3n) is 3.53.